The van der Waals surface area contributed by atoms with Gasteiger partial charge < -0.3 is 24.7 Å². The number of rotatable bonds is 10. The first-order valence-electron chi connectivity index (χ1n) is 12.1. The maximum absolute atomic E-state index is 14.2. The molecule has 1 aromatic carbocycles. The Labute approximate surface area is 200 Å². The Morgan fingerprint density at radius 3 is 2.65 bits per heavy atom. The largest absolute Gasteiger partial charge is 0.481 e. The predicted molar refractivity (Wildman–Crippen MR) is 125 cm³/mol. The standard InChI is InChI=1S/C26H34N2O6/c1-4-9-16(3)27(14-5-2)24(31)22-26-13-12-19(34-26)20(25(32)33)21(26)23(30)28(22)18(15-29)17-10-7-6-8-11-17/h5-8,10-11,16,18-22,29H,2,4,9,12-15H2,1,3H3,(H,32,33)/t16?,18-,19+,20-,21-,22+,26-/m1/s1. The zero-order valence-electron chi connectivity index (χ0n) is 19.8. The summed E-state index contributed by atoms with van der Waals surface area (Å²) in [5, 5.41) is 20.4. The van der Waals surface area contributed by atoms with E-state index in [2.05, 4.69) is 6.58 Å². The van der Waals surface area contributed by atoms with Crippen LogP contribution >= 0.6 is 0 Å². The number of fused-ring (bicyclic) bond motifs is 1. The van der Waals surface area contributed by atoms with Gasteiger partial charge in [0, 0.05) is 12.6 Å². The van der Waals surface area contributed by atoms with E-state index in [1.54, 1.807) is 23.1 Å². The summed E-state index contributed by atoms with van der Waals surface area (Å²) in [5.41, 5.74) is -0.527. The third-order valence-corrected chi connectivity index (χ3v) is 7.80. The highest BCUT2D eigenvalue weighted by molar-refractivity contribution is 5.98. The second-order valence-corrected chi connectivity index (χ2v) is 9.67. The number of hydrogen-bond acceptors (Lipinski definition) is 5. The molecule has 7 atom stereocenters. The molecule has 2 amide bonds. The van der Waals surface area contributed by atoms with E-state index >= 15 is 0 Å². The van der Waals surface area contributed by atoms with E-state index in [1.807, 2.05) is 32.0 Å². The van der Waals surface area contributed by atoms with Gasteiger partial charge in [0.25, 0.3) is 0 Å². The average Bonchev–Trinajstić information content (AvgIpc) is 3.46. The summed E-state index contributed by atoms with van der Waals surface area (Å²) in [6.07, 6.45) is 3.65. The Morgan fingerprint density at radius 2 is 2.06 bits per heavy atom. The lowest BCUT2D eigenvalue weighted by atomic mass is 9.70. The molecular weight excluding hydrogens is 436 g/mol. The maximum atomic E-state index is 14.2. The van der Waals surface area contributed by atoms with Crippen LogP contribution in [-0.2, 0) is 19.1 Å². The molecule has 4 rings (SSSR count). The van der Waals surface area contributed by atoms with Crippen LogP contribution in [0.15, 0.2) is 43.0 Å². The molecule has 3 aliphatic rings. The van der Waals surface area contributed by atoms with Crippen molar-refractivity contribution in [1.29, 1.82) is 0 Å². The highest BCUT2D eigenvalue weighted by Crippen LogP contribution is 2.59. The van der Waals surface area contributed by atoms with Gasteiger partial charge in [-0.2, -0.15) is 0 Å². The Morgan fingerprint density at radius 1 is 1.35 bits per heavy atom. The van der Waals surface area contributed by atoms with Crippen molar-refractivity contribution >= 4 is 17.8 Å². The lowest BCUT2D eigenvalue weighted by Crippen LogP contribution is -2.58. The number of carboxylic acid groups (broad SMARTS) is 1. The molecule has 0 saturated carbocycles. The van der Waals surface area contributed by atoms with Crippen molar-refractivity contribution in [3.63, 3.8) is 0 Å². The third kappa shape index (κ3) is 3.64. The van der Waals surface area contributed by atoms with Crippen LogP contribution in [0.4, 0.5) is 0 Å². The van der Waals surface area contributed by atoms with Crippen molar-refractivity contribution in [3.05, 3.63) is 48.6 Å². The quantitative estimate of drug-likeness (QED) is 0.509. The zero-order chi connectivity index (χ0) is 24.6. The fourth-order valence-corrected chi connectivity index (χ4v) is 6.37. The number of aliphatic hydroxyl groups excluding tert-OH is 1. The molecule has 2 N–H and O–H groups in total. The van der Waals surface area contributed by atoms with E-state index in [9.17, 15) is 24.6 Å². The molecule has 3 saturated heterocycles. The van der Waals surface area contributed by atoms with Gasteiger partial charge in [0.05, 0.1) is 30.6 Å². The molecule has 3 aliphatic heterocycles. The molecule has 8 nitrogen and oxygen atoms in total. The first-order valence-corrected chi connectivity index (χ1v) is 12.1. The topological polar surface area (TPSA) is 107 Å². The molecule has 1 unspecified atom stereocenters. The molecule has 2 bridgehead atoms. The van der Waals surface area contributed by atoms with Crippen LogP contribution in [0, 0.1) is 11.8 Å². The number of likely N-dealkylation sites (tertiary alicyclic amines) is 1. The van der Waals surface area contributed by atoms with Gasteiger partial charge >= 0.3 is 5.97 Å². The number of nitrogens with zero attached hydrogens (tertiary/aromatic N) is 2. The molecule has 34 heavy (non-hydrogen) atoms. The molecule has 1 aromatic rings. The van der Waals surface area contributed by atoms with E-state index in [0.29, 0.717) is 24.9 Å². The van der Waals surface area contributed by atoms with Crippen LogP contribution in [-0.4, -0.2) is 74.7 Å². The van der Waals surface area contributed by atoms with Gasteiger partial charge in [0.15, 0.2) is 0 Å². The molecule has 8 heteroatoms. The lowest BCUT2D eigenvalue weighted by molar-refractivity contribution is -0.154. The van der Waals surface area contributed by atoms with Gasteiger partial charge in [-0.25, -0.2) is 0 Å². The number of benzene rings is 1. The summed E-state index contributed by atoms with van der Waals surface area (Å²) in [4.78, 5) is 43.5. The highest BCUT2D eigenvalue weighted by atomic mass is 16.5. The number of ether oxygens (including phenoxy) is 1. The van der Waals surface area contributed by atoms with Crippen LogP contribution in [0.1, 0.15) is 51.1 Å². The monoisotopic (exact) mass is 470 g/mol. The second-order valence-electron chi connectivity index (χ2n) is 9.67. The predicted octanol–water partition coefficient (Wildman–Crippen LogP) is 2.38. The van der Waals surface area contributed by atoms with Crippen LogP contribution in [0.5, 0.6) is 0 Å². The van der Waals surface area contributed by atoms with Gasteiger partial charge in [-0.1, -0.05) is 49.8 Å². The van der Waals surface area contributed by atoms with Crippen molar-refractivity contribution in [3.8, 4) is 0 Å². The molecule has 184 valence electrons. The third-order valence-electron chi connectivity index (χ3n) is 7.80. The van der Waals surface area contributed by atoms with Gasteiger partial charge in [-0.05, 0) is 31.7 Å². The van der Waals surface area contributed by atoms with Gasteiger partial charge in [0.1, 0.15) is 11.6 Å². The molecular formula is C26H34N2O6. The molecule has 3 heterocycles. The van der Waals surface area contributed by atoms with E-state index in [4.69, 9.17) is 4.74 Å². The fourth-order valence-electron chi connectivity index (χ4n) is 6.37. The van der Waals surface area contributed by atoms with Gasteiger partial charge in [0.2, 0.25) is 11.8 Å². The van der Waals surface area contributed by atoms with E-state index in [0.717, 1.165) is 12.8 Å². The Hall–Kier alpha value is -2.71. The lowest BCUT2D eigenvalue weighted by Gasteiger charge is -2.41. The minimum Gasteiger partial charge on any atom is -0.481 e. The average molecular weight is 471 g/mol. The van der Waals surface area contributed by atoms with Crippen LogP contribution < -0.4 is 0 Å². The summed E-state index contributed by atoms with van der Waals surface area (Å²) < 4.78 is 6.29. The molecule has 0 aliphatic carbocycles. The number of aliphatic hydroxyl groups is 1. The zero-order valence-corrected chi connectivity index (χ0v) is 19.8. The van der Waals surface area contributed by atoms with Crippen LogP contribution in [0.2, 0.25) is 0 Å². The summed E-state index contributed by atoms with van der Waals surface area (Å²) in [6.45, 7) is 7.73. The number of carbonyl (C=O) groups excluding carboxylic acids is 2. The number of carboxylic acids is 1. The first-order chi connectivity index (χ1) is 16.3. The summed E-state index contributed by atoms with van der Waals surface area (Å²) >= 11 is 0. The fraction of sp³-hybridized carbons (Fsp3) is 0.577. The van der Waals surface area contributed by atoms with Gasteiger partial charge in [-0.15, -0.1) is 6.58 Å². The van der Waals surface area contributed by atoms with Crippen molar-refractivity contribution in [2.24, 2.45) is 11.8 Å². The summed E-state index contributed by atoms with van der Waals surface area (Å²) in [5.74, 6) is -3.75. The van der Waals surface area contributed by atoms with E-state index in [-0.39, 0.29) is 11.9 Å². The molecule has 3 fully saturated rings. The highest BCUT2D eigenvalue weighted by Gasteiger charge is 2.75. The van der Waals surface area contributed by atoms with Crippen molar-refractivity contribution in [1.82, 2.24) is 9.80 Å². The SMILES string of the molecule is C=CCN(C(=O)[C@@H]1N([C@H](CO)c2ccccc2)C(=O)[C@H]2[C@H](C(=O)O)[C@@H]3CC[C@]12O3)C(C)CCC. The molecule has 1 spiro atoms. The first kappa shape index (κ1) is 24.4. The molecule has 0 radical (unpaired) electrons. The Kier molecular flexibility index (Phi) is 6.82. The second kappa shape index (κ2) is 9.50. The van der Waals surface area contributed by atoms with Crippen molar-refractivity contribution < 1.29 is 29.3 Å². The number of aliphatic carboxylic acids is 1. The number of hydrogen-bond donors (Lipinski definition) is 2. The number of carbonyl (C=O) groups is 3. The van der Waals surface area contributed by atoms with Crippen molar-refractivity contribution in [2.45, 2.75) is 69.4 Å². The smallest absolute Gasteiger partial charge is 0.310 e. The Balaban J connectivity index is 1.84. The maximum Gasteiger partial charge on any atom is 0.310 e. The van der Waals surface area contributed by atoms with E-state index < -0.39 is 54.1 Å². The minimum atomic E-state index is -1.21. The van der Waals surface area contributed by atoms with Crippen LogP contribution in [0.3, 0.4) is 0 Å². The minimum absolute atomic E-state index is 0.0962. The summed E-state index contributed by atoms with van der Waals surface area (Å²) in [7, 11) is 0. The van der Waals surface area contributed by atoms with Crippen LogP contribution in [0.25, 0.3) is 0 Å². The van der Waals surface area contributed by atoms with E-state index in [1.165, 1.54) is 4.90 Å². The molecule has 0 aromatic heterocycles. The number of amides is 2. The normalized spacial score (nSPS) is 31.3. The van der Waals surface area contributed by atoms with Gasteiger partial charge in [-0.3, -0.25) is 14.4 Å². The summed E-state index contributed by atoms with van der Waals surface area (Å²) in [6, 6.07) is 7.16. The van der Waals surface area contributed by atoms with Crippen molar-refractivity contribution in [2.75, 3.05) is 13.2 Å². The Bertz CT molecular complexity index is 952.